The van der Waals surface area contributed by atoms with E-state index in [9.17, 15) is 4.79 Å². The first-order valence-corrected chi connectivity index (χ1v) is 9.86. The van der Waals surface area contributed by atoms with Crippen molar-refractivity contribution in [2.75, 3.05) is 0 Å². The smallest absolute Gasteiger partial charge is 0.328 e. The van der Waals surface area contributed by atoms with E-state index in [2.05, 4.69) is 36.4 Å². The minimum atomic E-state index is -0.955. The summed E-state index contributed by atoms with van der Waals surface area (Å²) in [7, 11) is 0. The van der Waals surface area contributed by atoms with Crippen LogP contribution in [0.4, 0.5) is 0 Å². The largest absolute Gasteiger partial charge is 0.489 e. The predicted octanol–water partition coefficient (Wildman–Crippen LogP) is 6.11. The Morgan fingerprint density at radius 1 is 0.800 bits per heavy atom. The van der Waals surface area contributed by atoms with Crippen LogP contribution in [0.25, 0.3) is 16.8 Å². The third kappa shape index (κ3) is 4.95. The van der Waals surface area contributed by atoms with Crippen LogP contribution in [0.5, 0.6) is 5.75 Å². The Labute approximate surface area is 175 Å². The Bertz CT molecular complexity index is 1190. The maximum atomic E-state index is 11.0. The molecule has 4 aromatic carbocycles. The highest BCUT2D eigenvalue weighted by molar-refractivity contribution is 5.86. The quantitative estimate of drug-likeness (QED) is 0.385. The third-order valence-corrected chi connectivity index (χ3v) is 4.97. The maximum absolute atomic E-state index is 11.0. The molecule has 0 bridgehead atoms. The summed E-state index contributed by atoms with van der Waals surface area (Å²) in [6, 6.07) is 30.5. The molecule has 0 fully saturated rings. The SMILES string of the molecule is O=C(O)/C=C/c1ccc(COc2ccccc2)cc1Cc1ccc2ccccc2c1. The molecule has 0 heterocycles. The first kappa shape index (κ1) is 19.5. The summed E-state index contributed by atoms with van der Waals surface area (Å²) in [4.78, 5) is 11.0. The molecular formula is C27H22O3. The van der Waals surface area contributed by atoms with Gasteiger partial charge in [0.25, 0.3) is 0 Å². The minimum Gasteiger partial charge on any atom is -0.489 e. The number of hydrogen-bond acceptors (Lipinski definition) is 2. The topological polar surface area (TPSA) is 46.5 Å². The average Bonchev–Trinajstić information content (AvgIpc) is 2.77. The third-order valence-electron chi connectivity index (χ3n) is 4.97. The number of carboxylic acid groups (broad SMARTS) is 1. The second-order valence-corrected chi connectivity index (χ2v) is 7.16. The summed E-state index contributed by atoms with van der Waals surface area (Å²) in [5.74, 6) is -0.133. The van der Waals surface area contributed by atoms with E-state index < -0.39 is 5.97 Å². The monoisotopic (exact) mass is 394 g/mol. The predicted molar refractivity (Wildman–Crippen MR) is 121 cm³/mol. The van der Waals surface area contributed by atoms with E-state index in [1.807, 2.05) is 54.6 Å². The number of ether oxygens (including phenoxy) is 1. The zero-order valence-electron chi connectivity index (χ0n) is 16.5. The van der Waals surface area contributed by atoms with Gasteiger partial charge in [-0.15, -0.1) is 0 Å². The summed E-state index contributed by atoms with van der Waals surface area (Å²) in [5, 5.41) is 11.4. The molecular weight excluding hydrogens is 372 g/mol. The number of benzene rings is 4. The van der Waals surface area contributed by atoms with Gasteiger partial charge >= 0.3 is 5.97 Å². The number of hydrogen-bond donors (Lipinski definition) is 1. The number of aliphatic carboxylic acids is 1. The van der Waals surface area contributed by atoms with Crippen molar-refractivity contribution in [2.24, 2.45) is 0 Å². The lowest BCUT2D eigenvalue weighted by Gasteiger charge is -2.12. The first-order valence-electron chi connectivity index (χ1n) is 9.86. The Balaban J connectivity index is 1.62. The molecule has 0 atom stereocenters. The number of rotatable bonds is 7. The van der Waals surface area contributed by atoms with E-state index in [4.69, 9.17) is 9.84 Å². The summed E-state index contributed by atoms with van der Waals surface area (Å²) in [6.07, 6.45) is 3.54. The van der Waals surface area contributed by atoms with Crippen LogP contribution in [0.2, 0.25) is 0 Å². The van der Waals surface area contributed by atoms with E-state index in [0.717, 1.165) is 22.4 Å². The van der Waals surface area contributed by atoms with Crippen LogP contribution in [0, 0.1) is 0 Å². The Kier molecular flexibility index (Phi) is 5.90. The number of para-hydroxylation sites is 1. The Hall–Kier alpha value is -3.85. The molecule has 0 aliphatic heterocycles. The van der Waals surface area contributed by atoms with Gasteiger partial charge in [0.05, 0.1) is 0 Å². The van der Waals surface area contributed by atoms with E-state index >= 15 is 0 Å². The van der Waals surface area contributed by atoms with Crippen molar-refractivity contribution in [3.8, 4) is 5.75 Å². The van der Waals surface area contributed by atoms with Crippen LogP contribution in [-0.4, -0.2) is 11.1 Å². The zero-order chi connectivity index (χ0) is 20.8. The number of fused-ring (bicyclic) bond motifs is 1. The summed E-state index contributed by atoms with van der Waals surface area (Å²) in [5.41, 5.74) is 4.19. The van der Waals surface area contributed by atoms with Crippen molar-refractivity contribution >= 4 is 22.8 Å². The highest BCUT2D eigenvalue weighted by atomic mass is 16.5. The first-order chi connectivity index (χ1) is 14.7. The molecule has 0 radical (unpaired) electrons. The molecule has 30 heavy (non-hydrogen) atoms. The van der Waals surface area contributed by atoms with E-state index in [-0.39, 0.29) is 0 Å². The summed E-state index contributed by atoms with van der Waals surface area (Å²) >= 11 is 0. The Morgan fingerprint density at radius 2 is 1.53 bits per heavy atom. The summed E-state index contributed by atoms with van der Waals surface area (Å²) in [6.45, 7) is 0.456. The van der Waals surface area contributed by atoms with Gasteiger partial charge in [0.15, 0.2) is 0 Å². The molecule has 0 amide bonds. The van der Waals surface area contributed by atoms with Crippen molar-refractivity contribution in [1.29, 1.82) is 0 Å². The fourth-order valence-corrected chi connectivity index (χ4v) is 3.48. The lowest BCUT2D eigenvalue weighted by atomic mass is 9.96. The van der Waals surface area contributed by atoms with Crippen molar-refractivity contribution < 1.29 is 14.6 Å². The second-order valence-electron chi connectivity index (χ2n) is 7.16. The molecule has 0 unspecified atom stereocenters. The van der Waals surface area contributed by atoms with Gasteiger partial charge in [0.2, 0.25) is 0 Å². The lowest BCUT2D eigenvalue weighted by Crippen LogP contribution is -1.99. The van der Waals surface area contributed by atoms with Crippen LogP contribution in [-0.2, 0) is 17.8 Å². The van der Waals surface area contributed by atoms with E-state index in [0.29, 0.717) is 13.0 Å². The molecule has 0 aliphatic rings. The van der Waals surface area contributed by atoms with Crippen molar-refractivity contribution in [3.63, 3.8) is 0 Å². The molecule has 0 aromatic heterocycles. The van der Waals surface area contributed by atoms with Crippen molar-refractivity contribution in [1.82, 2.24) is 0 Å². The van der Waals surface area contributed by atoms with Gasteiger partial charge in [-0.1, -0.05) is 78.9 Å². The number of carboxylic acids is 1. The van der Waals surface area contributed by atoms with Crippen LogP contribution >= 0.6 is 0 Å². The second kappa shape index (κ2) is 9.10. The van der Waals surface area contributed by atoms with Gasteiger partial charge in [-0.25, -0.2) is 4.79 Å². The van der Waals surface area contributed by atoms with Gasteiger partial charge in [-0.05, 0) is 57.7 Å². The van der Waals surface area contributed by atoms with Crippen LogP contribution in [0.3, 0.4) is 0 Å². The normalized spacial score (nSPS) is 11.1. The van der Waals surface area contributed by atoms with Gasteiger partial charge in [0.1, 0.15) is 12.4 Å². The summed E-state index contributed by atoms with van der Waals surface area (Å²) < 4.78 is 5.88. The van der Waals surface area contributed by atoms with Gasteiger partial charge in [0, 0.05) is 6.08 Å². The van der Waals surface area contributed by atoms with Crippen LogP contribution in [0.15, 0.2) is 97.1 Å². The van der Waals surface area contributed by atoms with Gasteiger partial charge in [-0.3, -0.25) is 0 Å². The molecule has 1 N–H and O–H groups in total. The lowest BCUT2D eigenvalue weighted by molar-refractivity contribution is -0.131. The van der Waals surface area contributed by atoms with Crippen molar-refractivity contribution in [2.45, 2.75) is 13.0 Å². The molecule has 4 rings (SSSR count). The Morgan fingerprint density at radius 3 is 2.33 bits per heavy atom. The average molecular weight is 394 g/mol. The minimum absolute atomic E-state index is 0.456. The molecule has 148 valence electrons. The van der Waals surface area contributed by atoms with Crippen molar-refractivity contribution in [3.05, 3.63) is 119 Å². The maximum Gasteiger partial charge on any atom is 0.328 e. The van der Waals surface area contributed by atoms with E-state index in [1.54, 1.807) is 6.08 Å². The highest BCUT2D eigenvalue weighted by Crippen LogP contribution is 2.22. The highest BCUT2D eigenvalue weighted by Gasteiger charge is 2.06. The standard InChI is InChI=1S/C27H22O3/c28-27(29)15-14-23-13-11-21(19-30-26-8-2-1-3-9-26)18-25(23)17-20-10-12-22-6-4-5-7-24(22)16-20/h1-16,18H,17,19H2,(H,28,29)/b15-14+. The fraction of sp³-hybridized carbons (Fsp3) is 0.0741. The van der Waals surface area contributed by atoms with Gasteiger partial charge < -0.3 is 9.84 Å². The fourth-order valence-electron chi connectivity index (χ4n) is 3.48. The van der Waals surface area contributed by atoms with Crippen LogP contribution in [0.1, 0.15) is 22.3 Å². The molecule has 0 aliphatic carbocycles. The van der Waals surface area contributed by atoms with Gasteiger partial charge in [-0.2, -0.15) is 0 Å². The molecule has 3 nitrogen and oxygen atoms in total. The molecule has 4 aromatic rings. The molecule has 3 heteroatoms. The van der Waals surface area contributed by atoms with E-state index in [1.165, 1.54) is 22.4 Å². The molecule has 0 saturated carbocycles. The number of carbonyl (C=O) groups is 1. The molecule has 0 spiro atoms. The zero-order valence-corrected chi connectivity index (χ0v) is 16.5. The van der Waals surface area contributed by atoms with Crippen LogP contribution < -0.4 is 4.74 Å². The molecule has 0 saturated heterocycles.